The van der Waals surface area contributed by atoms with Crippen molar-refractivity contribution in [1.82, 2.24) is 4.90 Å². The molecule has 0 spiro atoms. The highest BCUT2D eigenvalue weighted by Gasteiger charge is 2.48. The molecular weight excluding hydrogens is 322 g/mol. The Kier molecular flexibility index (Phi) is 4.36. The summed E-state index contributed by atoms with van der Waals surface area (Å²) in [5.74, 6) is -1.21. The number of benzene rings is 3. The van der Waals surface area contributed by atoms with Crippen LogP contribution in [0.2, 0.25) is 0 Å². The quantitative estimate of drug-likeness (QED) is 0.669. The first-order chi connectivity index (χ1) is 12.8. The van der Waals surface area contributed by atoms with Gasteiger partial charge in [0, 0.05) is 0 Å². The van der Waals surface area contributed by atoms with Gasteiger partial charge in [0.25, 0.3) is 0 Å². The molecule has 0 bridgehead atoms. The Bertz CT molecular complexity index is 849. The van der Waals surface area contributed by atoms with E-state index in [2.05, 4.69) is 0 Å². The van der Waals surface area contributed by atoms with E-state index in [0.717, 1.165) is 16.7 Å². The lowest BCUT2D eigenvalue weighted by Gasteiger charge is -2.15. The van der Waals surface area contributed by atoms with E-state index in [4.69, 9.17) is 0 Å². The minimum atomic E-state index is -0.477. The van der Waals surface area contributed by atoms with Crippen LogP contribution in [0.5, 0.6) is 0 Å². The smallest absolute Gasteiger partial charge is 0.238 e. The largest absolute Gasteiger partial charge is 0.277 e. The van der Waals surface area contributed by atoms with E-state index < -0.39 is 11.8 Å². The summed E-state index contributed by atoms with van der Waals surface area (Å²) in [6.45, 7) is 0.311. The third-order valence-electron chi connectivity index (χ3n) is 4.90. The second-order valence-electron chi connectivity index (χ2n) is 6.52. The minimum Gasteiger partial charge on any atom is -0.277 e. The molecule has 1 aliphatic rings. The van der Waals surface area contributed by atoms with Gasteiger partial charge in [0.15, 0.2) is 0 Å². The fraction of sp³-hybridized carbons (Fsp3) is 0.130. The number of likely N-dealkylation sites (tertiary alicyclic amines) is 1. The van der Waals surface area contributed by atoms with Crippen molar-refractivity contribution < 1.29 is 9.59 Å². The standard InChI is InChI=1S/C23H19NO2/c25-22-20(18-12-6-2-7-13-18)21(19-14-8-3-9-15-19)23(26)24(22)16-17-10-4-1-5-11-17/h1-15,20-21H,16H2. The van der Waals surface area contributed by atoms with E-state index >= 15 is 0 Å². The Morgan fingerprint density at radius 1 is 0.577 bits per heavy atom. The molecule has 1 fully saturated rings. The SMILES string of the molecule is O=C1C(c2ccccc2)C(c2ccccc2)C(=O)N1Cc1ccccc1. The maximum atomic E-state index is 13.2. The van der Waals surface area contributed by atoms with Gasteiger partial charge in [-0.05, 0) is 16.7 Å². The van der Waals surface area contributed by atoms with Crippen LogP contribution >= 0.6 is 0 Å². The van der Waals surface area contributed by atoms with Gasteiger partial charge in [-0.25, -0.2) is 0 Å². The summed E-state index contributed by atoms with van der Waals surface area (Å²) in [5, 5.41) is 0. The Morgan fingerprint density at radius 3 is 1.38 bits per heavy atom. The van der Waals surface area contributed by atoms with E-state index in [9.17, 15) is 9.59 Å². The van der Waals surface area contributed by atoms with E-state index in [1.54, 1.807) is 0 Å². The summed E-state index contributed by atoms with van der Waals surface area (Å²) in [6, 6.07) is 28.8. The number of amides is 2. The normalized spacial score (nSPS) is 19.8. The van der Waals surface area contributed by atoms with Gasteiger partial charge >= 0.3 is 0 Å². The molecular formula is C23H19NO2. The highest BCUT2D eigenvalue weighted by molar-refractivity contribution is 6.10. The Hall–Kier alpha value is -3.20. The van der Waals surface area contributed by atoms with Crippen molar-refractivity contribution in [2.45, 2.75) is 18.4 Å². The minimum absolute atomic E-state index is 0.126. The zero-order valence-electron chi connectivity index (χ0n) is 14.3. The Morgan fingerprint density at radius 2 is 0.962 bits per heavy atom. The average Bonchev–Trinajstić information content (AvgIpc) is 2.95. The molecule has 3 heteroatoms. The molecule has 0 radical (unpaired) electrons. The number of hydrogen-bond acceptors (Lipinski definition) is 2. The Balaban J connectivity index is 1.75. The number of carbonyl (C=O) groups is 2. The van der Waals surface area contributed by atoms with Gasteiger partial charge < -0.3 is 0 Å². The molecule has 1 heterocycles. The van der Waals surface area contributed by atoms with E-state index in [0.29, 0.717) is 6.54 Å². The van der Waals surface area contributed by atoms with Crippen LogP contribution < -0.4 is 0 Å². The molecule has 3 nitrogen and oxygen atoms in total. The summed E-state index contributed by atoms with van der Waals surface area (Å²) < 4.78 is 0. The van der Waals surface area contributed by atoms with Gasteiger partial charge in [-0.15, -0.1) is 0 Å². The summed E-state index contributed by atoms with van der Waals surface area (Å²) in [4.78, 5) is 27.8. The number of imide groups is 1. The van der Waals surface area contributed by atoms with E-state index in [1.165, 1.54) is 4.90 Å². The van der Waals surface area contributed by atoms with Crippen molar-refractivity contribution in [2.75, 3.05) is 0 Å². The van der Waals surface area contributed by atoms with Crippen LogP contribution in [0, 0.1) is 0 Å². The first-order valence-electron chi connectivity index (χ1n) is 8.75. The molecule has 4 rings (SSSR count). The first kappa shape index (κ1) is 16.3. The monoisotopic (exact) mass is 341 g/mol. The third kappa shape index (κ3) is 2.93. The van der Waals surface area contributed by atoms with Crippen LogP contribution in [-0.4, -0.2) is 16.7 Å². The average molecular weight is 341 g/mol. The maximum absolute atomic E-state index is 13.2. The number of carbonyl (C=O) groups excluding carboxylic acids is 2. The third-order valence-corrected chi connectivity index (χ3v) is 4.90. The van der Waals surface area contributed by atoms with Crippen molar-refractivity contribution in [1.29, 1.82) is 0 Å². The summed E-state index contributed by atoms with van der Waals surface area (Å²) >= 11 is 0. The lowest BCUT2D eigenvalue weighted by atomic mass is 9.83. The number of nitrogens with zero attached hydrogens (tertiary/aromatic N) is 1. The van der Waals surface area contributed by atoms with Crippen molar-refractivity contribution in [2.24, 2.45) is 0 Å². The predicted octanol–water partition coefficient (Wildman–Crippen LogP) is 4.12. The molecule has 0 saturated carbocycles. The van der Waals surface area contributed by atoms with Gasteiger partial charge in [0.05, 0.1) is 18.4 Å². The van der Waals surface area contributed by atoms with Gasteiger partial charge in [0.2, 0.25) is 11.8 Å². The van der Waals surface area contributed by atoms with Crippen LogP contribution in [0.1, 0.15) is 28.5 Å². The Labute approximate surface area is 152 Å². The molecule has 0 N–H and O–H groups in total. The molecule has 2 unspecified atom stereocenters. The molecule has 3 aromatic rings. The van der Waals surface area contributed by atoms with Crippen molar-refractivity contribution in [3.05, 3.63) is 108 Å². The number of rotatable bonds is 4. The van der Waals surface area contributed by atoms with E-state index in [-0.39, 0.29) is 11.8 Å². The second-order valence-corrected chi connectivity index (χ2v) is 6.52. The highest BCUT2D eigenvalue weighted by Crippen LogP contribution is 2.42. The summed E-state index contributed by atoms with van der Waals surface area (Å²) in [6.07, 6.45) is 0. The predicted molar refractivity (Wildman–Crippen MR) is 100 cm³/mol. The van der Waals surface area contributed by atoms with Crippen molar-refractivity contribution in [3.63, 3.8) is 0 Å². The highest BCUT2D eigenvalue weighted by atomic mass is 16.2. The molecule has 0 aromatic heterocycles. The lowest BCUT2D eigenvalue weighted by molar-refractivity contribution is -0.139. The fourth-order valence-corrected chi connectivity index (χ4v) is 3.64. The van der Waals surface area contributed by atoms with Crippen LogP contribution in [0.25, 0.3) is 0 Å². The molecule has 3 aromatic carbocycles. The van der Waals surface area contributed by atoms with Gasteiger partial charge in [-0.1, -0.05) is 91.0 Å². The van der Waals surface area contributed by atoms with Gasteiger partial charge in [-0.2, -0.15) is 0 Å². The first-order valence-corrected chi connectivity index (χ1v) is 8.75. The lowest BCUT2D eigenvalue weighted by Crippen LogP contribution is -2.30. The number of hydrogen-bond donors (Lipinski definition) is 0. The van der Waals surface area contributed by atoms with Crippen LogP contribution in [0.4, 0.5) is 0 Å². The molecule has 1 saturated heterocycles. The van der Waals surface area contributed by atoms with Crippen molar-refractivity contribution >= 4 is 11.8 Å². The molecule has 0 aliphatic carbocycles. The fourth-order valence-electron chi connectivity index (χ4n) is 3.64. The van der Waals surface area contributed by atoms with Crippen LogP contribution in [-0.2, 0) is 16.1 Å². The van der Waals surface area contributed by atoms with Crippen LogP contribution in [0.15, 0.2) is 91.0 Å². The van der Waals surface area contributed by atoms with E-state index in [1.807, 2.05) is 91.0 Å². The molecule has 2 amide bonds. The second kappa shape index (κ2) is 6.96. The molecule has 128 valence electrons. The molecule has 26 heavy (non-hydrogen) atoms. The zero-order chi connectivity index (χ0) is 17.9. The zero-order valence-corrected chi connectivity index (χ0v) is 14.3. The van der Waals surface area contributed by atoms with Gasteiger partial charge in [0.1, 0.15) is 0 Å². The van der Waals surface area contributed by atoms with Gasteiger partial charge in [-0.3, -0.25) is 14.5 Å². The van der Waals surface area contributed by atoms with Crippen molar-refractivity contribution in [3.8, 4) is 0 Å². The topological polar surface area (TPSA) is 37.4 Å². The molecule has 1 aliphatic heterocycles. The summed E-state index contributed by atoms with van der Waals surface area (Å²) in [5.41, 5.74) is 2.72. The van der Waals surface area contributed by atoms with Crippen LogP contribution in [0.3, 0.4) is 0 Å². The molecule has 2 atom stereocenters. The summed E-state index contributed by atoms with van der Waals surface area (Å²) in [7, 11) is 0. The maximum Gasteiger partial charge on any atom is 0.238 e.